The molecule has 1 aliphatic carbocycles. The summed E-state index contributed by atoms with van der Waals surface area (Å²) in [6, 6.07) is 3.52. The van der Waals surface area contributed by atoms with E-state index in [1.54, 1.807) is 13.0 Å². The Morgan fingerprint density at radius 1 is 1.53 bits per heavy atom. The molecular formula is C13H13ClO3. The lowest BCUT2D eigenvalue weighted by Gasteiger charge is -2.05. The summed E-state index contributed by atoms with van der Waals surface area (Å²) < 4.78 is 4.90. The van der Waals surface area contributed by atoms with E-state index in [-0.39, 0.29) is 5.78 Å². The highest BCUT2D eigenvalue weighted by Gasteiger charge is 2.37. The number of hydrogen-bond donors (Lipinski definition) is 0. The summed E-state index contributed by atoms with van der Waals surface area (Å²) in [6.07, 6.45) is 0.422. The topological polar surface area (TPSA) is 43.4 Å². The molecule has 1 aliphatic rings. The fourth-order valence-corrected chi connectivity index (χ4v) is 2.24. The number of carbonyl (C=O) groups excluding carboxylic acids is 2. The first-order valence-electron chi connectivity index (χ1n) is 5.54. The van der Waals surface area contributed by atoms with E-state index in [4.69, 9.17) is 16.3 Å². The summed E-state index contributed by atoms with van der Waals surface area (Å²) in [5, 5.41) is 0.557. The second kappa shape index (κ2) is 4.49. The smallest absolute Gasteiger partial charge is 0.317 e. The van der Waals surface area contributed by atoms with Crippen molar-refractivity contribution in [3.05, 3.63) is 33.8 Å². The van der Waals surface area contributed by atoms with Gasteiger partial charge in [-0.15, -0.1) is 0 Å². The number of fused-ring (bicyclic) bond motifs is 1. The van der Waals surface area contributed by atoms with Crippen LogP contribution in [0.3, 0.4) is 0 Å². The number of benzene rings is 1. The number of ether oxygens (including phenoxy) is 1. The Kier molecular flexibility index (Phi) is 3.20. The van der Waals surface area contributed by atoms with Gasteiger partial charge in [-0.25, -0.2) is 0 Å². The third kappa shape index (κ3) is 2.07. The number of ketones is 1. The zero-order chi connectivity index (χ0) is 12.6. The number of halogens is 1. The zero-order valence-electron chi connectivity index (χ0n) is 9.75. The summed E-state index contributed by atoms with van der Waals surface area (Å²) >= 11 is 5.98. The number of rotatable bonds is 2. The minimum Gasteiger partial charge on any atom is -0.465 e. The third-order valence-corrected chi connectivity index (χ3v) is 3.37. The van der Waals surface area contributed by atoms with Crippen LogP contribution in [-0.4, -0.2) is 18.4 Å². The maximum Gasteiger partial charge on any atom is 0.317 e. The summed E-state index contributed by atoms with van der Waals surface area (Å²) in [7, 11) is 0. The average molecular weight is 253 g/mol. The molecule has 0 amide bonds. The molecule has 4 heteroatoms. The Hall–Kier alpha value is -1.35. The van der Waals surface area contributed by atoms with E-state index >= 15 is 0 Å². The van der Waals surface area contributed by atoms with Gasteiger partial charge in [0.1, 0.15) is 5.92 Å². The summed E-state index contributed by atoms with van der Waals surface area (Å²) in [4.78, 5) is 23.6. The van der Waals surface area contributed by atoms with Gasteiger partial charge in [-0.2, -0.15) is 0 Å². The van der Waals surface area contributed by atoms with Crippen molar-refractivity contribution in [3.63, 3.8) is 0 Å². The largest absolute Gasteiger partial charge is 0.465 e. The molecule has 0 spiro atoms. The number of aryl methyl sites for hydroxylation is 1. The van der Waals surface area contributed by atoms with Gasteiger partial charge in [0.15, 0.2) is 5.78 Å². The lowest BCUT2D eigenvalue weighted by molar-refractivity contribution is -0.145. The average Bonchev–Trinajstić information content (AvgIpc) is 2.58. The monoisotopic (exact) mass is 252 g/mol. The predicted octanol–water partition coefficient (Wildman–Crippen LogP) is 2.57. The molecule has 0 radical (unpaired) electrons. The highest BCUT2D eigenvalue weighted by molar-refractivity contribution is 6.32. The zero-order valence-corrected chi connectivity index (χ0v) is 10.5. The van der Waals surface area contributed by atoms with Crippen LogP contribution in [0.25, 0.3) is 0 Å². The first-order chi connectivity index (χ1) is 8.04. The minimum atomic E-state index is -0.692. The molecule has 0 saturated carbocycles. The Morgan fingerprint density at radius 2 is 2.24 bits per heavy atom. The molecule has 1 unspecified atom stereocenters. The van der Waals surface area contributed by atoms with Gasteiger partial charge >= 0.3 is 5.97 Å². The third-order valence-electron chi connectivity index (χ3n) is 2.96. The molecule has 90 valence electrons. The molecule has 0 fully saturated rings. The lowest BCUT2D eigenvalue weighted by Crippen LogP contribution is -2.23. The van der Waals surface area contributed by atoms with Crippen molar-refractivity contribution in [1.82, 2.24) is 0 Å². The molecule has 0 aliphatic heterocycles. The van der Waals surface area contributed by atoms with Gasteiger partial charge in [0.2, 0.25) is 0 Å². The predicted molar refractivity (Wildman–Crippen MR) is 64.3 cm³/mol. The van der Waals surface area contributed by atoms with Gasteiger partial charge in [0, 0.05) is 10.6 Å². The number of Topliss-reactive ketones (excluding diaryl/α,β-unsaturated/α-hetero) is 1. The van der Waals surface area contributed by atoms with Crippen LogP contribution in [-0.2, 0) is 16.0 Å². The maximum atomic E-state index is 12.0. The van der Waals surface area contributed by atoms with Gasteiger partial charge < -0.3 is 4.74 Å². The summed E-state index contributed by atoms with van der Waals surface area (Å²) in [5.41, 5.74) is 2.36. The molecule has 0 aromatic heterocycles. The minimum absolute atomic E-state index is 0.180. The van der Waals surface area contributed by atoms with Crippen molar-refractivity contribution in [1.29, 1.82) is 0 Å². The van der Waals surface area contributed by atoms with Gasteiger partial charge in [-0.3, -0.25) is 9.59 Å². The molecule has 17 heavy (non-hydrogen) atoms. The number of hydrogen-bond acceptors (Lipinski definition) is 3. The Morgan fingerprint density at radius 3 is 2.88 bits per heavy atom. The van der Waals surface area contributed by atoms with E-state index < -0.39 is 11.9 Å². The van der Waals surface area contributed by atoms with Crippen LogP contribution < -0.4 is 0 Å². The van der Waals surface area contributed by atoms with Crippen molar-refractivity contribution in [2.24, 2.45) is 5.92 Å². The molecule has 0 saturated heterocycles. The van der Waals surface area contributed by atoms with Gasteiger partial charge in [0.25, 0.3) is 0 Å². The van der Waals surface area contributed by atoms with Crippen LogP contribution in [0.5, 0.6) is 0 Å². The highest BCUT2D eigenvalue weighted by Crippen LogP contribution is 2.31. The van der Waals surface area contributed by atoms with E-state index in [0.717, 1.165) is 11.1 Å². The van der Waals surface area contributed by atoms with E-state index in [0.29, 0.717) is 23.6 Å². The van der Waals surface area contributed by atoms with Crippen LogP contribution >= 0.6 is 11.6 Å². The summed E-state index contributed by atoms with van der Waals surface area (Å²) in [6.45, 7) is 3.90. The molecule has 1 aromatic rings. The van der Waals surface area contributed by atoms with Crippen molar-refractivity contribution < 1.29 is 14.3 Å². The van der Waals surface area contributed by atoms with Gasteiger partial charge in [0.05, 0.1) is 6.61 Å². The first kappa shape index (κ1) is 12.1. The Labute approximate surface area is 105 Å². The number of carbonyl (C=O) groups is 2. The fraction of sp³-hybridized carbons (Fsp3) is 0.385. The SMILES string of the molecule is CCOC(=O)C1Cc2cc(C)c(Cl)cc2C1=O. The van der Waals surface area contributed by atoms with Crippen molar-refractivity contribution in [2.75, 3.05) is 6.61 Å². The van der Waals surface area contributed by atoms with Crippen LogP contribution in [0.1, 0.15) is 28.4 Å². The van der Waals surface area contributed by atoms with E-state index in [9.17, 15) is 9.59 Å². The highest BCUT2D eigenvalue weighted by atomic mass is 35.5. The second-order valence-electron chi connectivity index (χ2n) is 4.13. The second-order valence-corrected chi connectivity index (χ2v) is 4.54. The van der Waals surface area contributed by atoms with Gasteiger partial charge in [-0.1, -0.05) is 17.7 Å². The van der Waals surface area contributed by atoms with Crippen molar-refractivity contribution in [2.45, 2.75) is 20.3 Å². The molecule has 0 N–H and O–H groups in total. The molecular weight excluding hydrogens is 240 g/mol. The lowest BCUT2D eigenvalue weighted by atomic mass is 10.1. The fourth-order valence-electron chi connectivity index (χ4n) is 2.07. The van der Waals surface area contributed by atoms with E-state index in [2.05, 4.69) is 0 Å². The van der Waals surface area contributed by atoms with Gasteiger partial charge in [-0.05, 0) is 37.5 Å². The molecule has 2 rings (SSSR count). The van der Waals surface area contributed by atoms with Crippen molar-refractivity contribution >= 4 is 23.4 Å². The van der Waals surface area contributed by atoms with E-state index in [1.165, 1.54) is 0 Å². The van der Waals surface area contributed by atoms with E-state index in [1.807, 2.05) is 13.0 Å². The molecule has 1 atom stereocenters. The van der Waals surface area contributed by atoms with Crippen molar-refractivity contribution in [3.8, 4) is 0 Å². The van der Waals surface area contributed by atoms with Crippen LogP contribution in [0.2, 0.25) is 5.02 Å². The van der Waals surface area contributed by atoms with Crippen LogP contribution in [0.4, 0.5) is 0 Å². The summed E-state index contributed by atoms with van der Waals surface area (Å²) in [5.74, 6) is -1.31. The molecule has 3 nitrogen and oxygen atoms in total. The first-order valence-corrected chi connectivity index (χ1v) is 5.92. The maximum absolute atomic E-state index is 12.0. The quantitative estimate of drug-likeness (QED) is 0.600. The Balaban J connectivity index is 2.33. The van der Waals surface area contributed by atoms with Crippen LogP contribution in [0, 0.1) is 12.8 Å². The molecule has 1 aromatic carbocycles. The number of esters is 1. The van der Waals surface area contributed by atoms with Crippen LogP contribution in [0.15, 0.2) is 12.1 Å². The molecule has 0 bridgehead atoms. The standard InChI is InChI=1S/C13H13ClO3/c1-3-17-13(16)10-5-8-4-7(2)11(14)6-9(8)12(10)15/h4,6,10H,3,5H2,1-2H3. The normalized spacial score (nSPS) is 18.1. The molecule has 0 heterocycles. The Bertz CT molecular complexity index is 494.